The molecule has 0 aliphatic carbocycles. The minimum atomic E-state index is -0.650. The summed E-state index contributed by atoms with van der Waals surface area (Å²) in [6.45, 7) is 5.73. The van der Waals surface area contributed by atoms with E-state index in [1.807, 2.05) is 0 Å². The fraction of sp³-hybridized carbons (Fsp3) is 0.348. The van der Waals surface area contributed by atoms with Gasteiger partial charge in [-0.1, -0.05) is 13.8 Å². The number of amides is 2. The molecule has 0 atom stereocenters. The molecule has 2 amide bonds. The van der Waals surface area contributed by atoms with Crippen molar-refractivity contribution in [2.45, 2.75) is 27.2 Å². The van der Waals surface area contributed by atoms with E-state index in [0.29, 0.717) is 35.4 Å². The predicted octanol–water partition coefficient (Wildman–Crippen LogP) is 3.87. The zero-order valence-electron chi connectivity index (χ0n) is 18.2. The van der Waals surface area contributed by atoms with Crippen LogP contribution in [0.25, 0.3) is 0 Å². The fourth-order valence-electron chi connectivity index (χ4n) is 2.57. The van der Waals surface area contributed by atoms with Crippen LogP contribution in [-0.4, -0.2) is 38.1 Å². The Morgan fingerprint density at radius 1 is 0.935 bits per heavy atom. The van der Waals surface area contributed by atoms with Crippen molar-refractivity contribution >= 4 is 29.2 Å². The van der Waals surface area contributed by atoms with Crippen molar-refractivity contribution in [2.75, 3.05) is 31.0 Å². The minimum Gasteiger partial charge on any atom is -0.493 e. The molecular weight excluding hydrogens is 400 g/mol. The highest BCUT2D eigenvalue weighted by Gasteiger charge is 2.14. The monoisotopic (exact) mass is 428 g/mol. The lowest BCUT2D eigenvalue weighted by Crippen LogP contribution is -2.21. The van der Waals surface area contributed by atoms with Gasteiger partial charge in [-0.2, -0.15) is 0 Å². The molecule has 0 aliphatic rings. The summed E-state index contributed by atoms with van der Waals surface area (Å²) < 4.78 is 16.1. The van der Waals surface area contributed by atoms with Crippen molar-refractivity contribution in [3.63, 3.8) is 0 Å². The van der Waals surface area contributed by atoms with Crippen LogP contribution in [0, 0.1) is 5.92 Å². The number of nitrogens with one attached hydrogen (secondary N) is 2. The lowest BCUT2D eigenvalue weighted by Gasteiger charge is -2.13. The normalized spacial score (nSPS) is 10.4. The molecule has 0 radical (unpaired) electrons. The van der Waals surface area contributed by atoms with Crippen LogP contribution < -0.4 is 20.1 Å². The van der Waals surface area contributed by atoms with Crippen LogP contribution in [0.15, 0.2) is 42.5 Å². The highest BCUT2D eigenvalue weighted by atomic mass is 16.5. The van der Waals surface area contributed by atoms with Crippen LogP contribution in [0.2, 0.25) is 0 Å². The molecule has 0 saturated heterocycles. The summed E-state index contributed by atoms with van der Waals surface area (Å²) in [5.41, 5.74) is 1.38. The van der Waals surface area contributed by atoms with E-state index in [1.165, 1.54) is 20.1 Å². The molecule has 0 spiro atoms. The maximum atomic E-state index is 12.3. The summed E-state index contributed by atoms with van der Waals surface area (Å²) in [7, 11) is 1.49. The van der Waals surface area contributed by atoms with E-state index >= 15 is 0 Å². The Labute approximate surface area is 181 Å². The second-order valence-electron chi connectivity index (χ2n) is 7.28. The number of carbonyl (C=O) groups is 3. The van der Waals surface area contributed by atoms with Gasteiger partial charge >= 0.3 is 5.97 Å². The van der Waals surface area contributed by atoms with Crippen molar-refractivity contribution < 1.29 is 28.6 Å². The molecule has 0 bridgehead atoms. The van der Waals surface area contributed by atoms with Crippen molar-refractivity contribution in [3.05, 3.63) is 48.0 Å². The summed E-state index contributed by atoms with van der Waals surface area (Å²) in [4.78, 5) is 35.4. The average molecular weight is 428 g/mol. The lowest BCUT2D eigenvalue weighted by molar-refractivity contribution is -0.119. The Morgan fingerprint density at radius 3 is 2.16 bits per heavy atom. The Hall–Kier alpha value is -3.55. The number of esters is 1. The van der Waals surface area contributed by atoms with Gasteiger partial charge in [0.1, 0.15) is 0 Å². The maximum Gasteiger partial charge on any atom is 0.338 e. The highest BCUT2D eigenvalue weighted by molar-refractivity contribution is 5.96. The van der Waals surface area contributed by atoms with Crippen LogP contribution >= 0.6 is 0 Å². The van der Waals surface area contributed by atoms with Crippen LogP contribution in [0.1, 0.15) is 37.6 Å². The summed E-state index contributed by atoms with van der Waals surface area (Å²) >= 11 is 0. The smallest absolute Gasteiger partial charge is 0.338 e. The third-order valence-electron chi connectivity index (χ3n) is 4.18. The van der Waals surface area contributed by atoms with Gasteiger partial charge in [0.2, 0.25) is 5.91 Å². The third kappa shape index (κ3) is 8.00. The van der Waals surface area contributed by atoms with Gasteiger partial charge < -0.3 is 24.8 Å². The predicted molar refractivity (Wildman–Crippen MR) is 118 cm³/mol. The van der Waals surface area contributed by atoms with Crippen molar-refractivity contribution in [3.8, 4) is 11.5 Å². The fourth-order valence-corrected chi connectivity index (χ4v) is 2.57. The Bertz CT molecular complexity index is 909. The molecule has 0 unspecified atom stereocenters. The average Bonchev–Trinajstić information content (AvgIpc) is 2.73. The van der Waals surface area contributed by atoms with Gasteiger partial charge in [0, 0.05) is 18.3 Å². The molecule has 0 saturated carbocycles. The van der Waals surface area contributed by atoms with Gasteiger partial charge in [-0.25, -0.2) is 4.79 Å². The van der Waals surface area contributed by atoms with E-state index in [0.717, 1.165) is 6.42 Å². The van der Waals surface area contributed by atoms with Crippen LogP contribution in [-0.2, 0) is 14.3 Å². The van der Waals surface area contributed by atoms with E-state index in [-0.39, 0.29) is 11.5 Å². The number of benzene rings is 2. The Kier molecular flexibility index (Phi) is 8.87. The maximum absolute atomic E-state index is 12.3. The third-order valence-corrected chi connectivity index (χ3v) is 4.18. The number of anilines is 2. The van der Waals surface area contributed by atoms with Crippen molar-refractivity contribution in [1.29, 1.82) is 0 Å². The minimum absolute atomic E-state index is 0.185. The van der Waals surface area contributed by atoms with Crippen LogP contribution in [0.3, 0.4) is 0 Å². The molecule has 0 heterocycles. The summed E-state index contributed by atoms with van der Waals surface area (Å²) in [6, 6.07) is 11.3. The van der Waals surface area contributed by atoms with Gasteiger partial charge in [-0.3, -0.25) is 9.59 Å². The zero-order chi connectivity index (χ0) is 22.8. The molecule has 166 valence electrons. The molecular formula is C23H28N2O6. The molecule has 2 aromatic rings. The quantitative estimate of drug-likeness (QED) is 0.557. The SMILES string of the molecule is COc1cc(C(=O)OCC(=O)Nc2ccc(NC(C)=O)cc2)ccc1OCCC(C)C. The number of rotatable bonds is 10. The van der Waals surface area contributed by atoms with Gasteiger partial charge in [0.15, 0.2) is 18.1 Å². The molecule has 0 aromatic heterocycles. The molecule has 2 N–H and O–H groups in total. The first-order valence-corrected chi connectivity index (χ1v) is 9.94. The van der Waals surface area contributed by atoms with Crippen LogP contribution in [0.4, 0.5) is 11.4 Å². The summed E-state index contributed by atoms with van der Waals surface area (Å²) in [6.07, 6.45) is 0.901. The van der Waals surface area contributed by atoms with Crippen LogP contribution in [0.5, 0.6) is 11.5 Å². The standard InChI is InChI=1S/C23H28N2O6/c1-15(2)11-12-30-20-10-5-17(13-21(20)29-4)23(28)31-14-22(27)25-19-8-6-18(7-9-19)24-16(3)26/h5-10,13,15H,11-12,14H2,1-4H3,(H,24,26)(H,25,27). The van der Waals surface area contributed by atoms with E-state index in [1.54, 1.807) is 36.4 Å². The van der Waals surface area contributed by atoms with E-state index in [9.17, 15) is 14.4 Å². The molecule has 8 nitrogen and oxygen atoms in total. The molecule has 0 fully saturated rings. The number of carbonyl (C=O) groups excluding carboxylic acids is 3. The summed E-state index contributed by atoms with van der Waals surface area (Å²) in [5, 5.41) is 5.25. The van der Waals surface area contributed by atoms with Gasteiger partial charge in [0.05, 0.1) is 19.3 Å². The lowest BCUT2D eigenvalue weighted by atomic mass is 10.1. The van der Waals surface area contributed by atoms with E-state index < -0.39 is 18.5 Å². The Balaban J connectivity index is 1.88. The molecule has 8 heteroatoms. The number of ether oxygens (including phenoxy) is 3. The molecule has 2 aromatic carbocycles. The first-order chi connectivity index (χ1) is 14.8. The van der Waals surface area contributed by atoms with E-state index in [4.69, 9.17) is 14.2 Å². The first kappa shape index (κ1) is 23.7. The molecule has 31 heavy (non-hydrogen) atoms. The zero-order valence-corrected chi connectivity index (χ0v) is 18.2. The second-order valence-corrected chi connectivity index (χ2v) is 7.28. The number of hydrogen-bond acceptors (Lipinski definition) is 6. The largest absolute Gasteiger partial charge is 0.493 e. The van der Waals surface area contributed by atoms with Gasteiger partial charge in [-0.05, 0) is 54.8 Å². The molecule has 2 rings (SSSR count). The highest BCUT2D eigenvalue weighted by Crippen LogP contribution is 2.28. The number of methoxy groups -OCH3 is 1. The topological polar surface area (TPSA) is 103 Å². The second kappa shape index (κ2) is 11.6. The first-order valence-electron chi connectivity index (χ1n) is 9.94. The Morgan fingerprint density at radius 2 is 1.58 bits per heavy atom. The van der Waals surface area contributed by atoms with Gasteiger partial charge in [-0.15, -0.1) is 0 Å². The van der Waals surface area contributed by atoms with Crippen molar-refractivity contribution in [1.82, 2.24) is 0 Å². The van der Waals surface area contributed by atoms with Gasteiger partial charge in [0.25, 0.3) is 5.91 Å². The van der Waals surface area contributed by atoms with Crippen molar-refractivity contribution in [2.24, 2.45) is 5.92 Å². The number of hydrogen-bond donors (Lipinski definition) is 2. The summed E-state index contributed by atoms with van der Waals surface area (Å²) in [5.74, 6) is 0.156. The molecule has 0 aliphatic heterocycles. The van der Waals surface area contributed by atoms with E-state index in [2.05, 4.69) is 24.5 Å².